The van der Waals surface area contributed by atoms with Crippen molar-refractivity contribution >= 4 is 27.9 Å². The molecule has 0 saturated heterocycles. The summed E-state index contributed by atoms with van der Waals surface area (Å²) < 4.78 is 2.80. The number of nitrogens with zero attached hydrogens (tertiary/aromatic N) is 3. The third-order valence-electron chi connectivity index (χ3n) is 3.72. The van der Waals surface area contributed by atoms with E-state index in [1.807, 2.05) is 71.6 Å². The van der Waals surface area contributed by atoms with Gasteiger partial charge >= 0.3 is 0 Å². The summed E-state index contributed by atoms with van der Waals surface area (Å²) in [5, 5.41) is 4.36. The van der Waals surface area contributed by atoms with E-state index < -0.39 is 0 Å². The Kier molecular flexibility index (Phi) is 5.46. The average molecular weight is 396 g/mol. The molecule has 5 heteroatoms. The minimum absolute atomic E-state index is 0.0487. The largest absolute Gasteiger partial charge is 0.338 e. The van der Waals surface area contributed by atoms with Crippen LogP contribution in [0.25, 0.3) is 11.8 Å². The maximum absolute atomic E-state index is 12.3. The number of halogens is 1. The lowest BCUT2D eigenvalue weighted by molar-refractivity contribution is -0.125. The Labute approximate surface area is 155 Å². The average Bonchev–Trinajstić information content (AvgIpc) is 3.09. The lowest BCUT2D eigenvalue weighted by Crippen LogP contribution is -2.23. The second kappa shape index (κ2) is 7.94. The molecule has 0 aliphatic rings. The zero-order valence-corrected chi connectivity index (χ0v) is 15.4. The van der Waals surface area contributed by atoms with Crippen LogP contribution >= 0.6 is 15.9 Å². The van der Waals surface area contributed by atoms with Crippen molar-refractivity contribution in [2.75, 3.05) is 7.05 Å². The van der Waals surface area contributed by atoms with Crippen LogP contribution in [-0.2, 0) is 11.3 Å². The summed E-state index contributed by atoms with van der Waals surface area (Å²) in [5.74, 6) is -0.0487. The van der Waals surface area contributed by atoms with Gasteiger partial charge in [-0.2, -0.15) is 5.10 Å². The predicted octanol–water partition coefficient (Wildman–Crippen LogP) is 4.31. The van der Waals surface area contributed by atoms with E-state index in [-0.39, 0.29) is 5.91 Å². The molecule has 0 saturated carbocycles. The van der Waals surface area contributed by atoms with Crippen molar-refractivity contribution < 1.29 is 4.79 Å². The zero-order valence-electron chi connectivity index (χ0n) is 13.8. The van der Waals surface area contributed by atoms with Crippen LogP contribution in [0.15, 0.2) is 77.5 Å². The van der Waals surface area contributed by atoms with E-state index in [9.17, 15) is 4.79 Å². The standard InChI is InChI=1S/C20H18BrN3O/c1-23(20(25)11-10-16-6-5-7-18(21)12-16)14-17-13-22-24(15-17)19-8-3-2-4-9-19/h2-13,15H,14H2,1H3/b11-10+. The molecule has 0 aliphatic carbocycles. The fraction of sp³-hybridized carbons (Fsp3) is 0.100. The highest BCUT2D eigenvalue weighted by atomic mass is 79.9. The van der Waals surface area contributed by atoms with Gasteiger partial charge in [0.25, 0.3) is 0 Å². The number of hydrogen-bond acceptors (Lipinski definition) is 2. The van der Waals surface area contributed by atoms with Crippen molar-refractivity contribution in [2.24, 2.45) is 0 Å². The molecule has 0 N–H and O–H groups in total. The molecule has 1 aromatic heterocycles. The lowest BCUT2D eigenvalue weighted by atomic mass is 10.2. The number of para-hydroxylation sites is 1. The van der Waals surface area contributed by atoms with Gasteiger partial charge in [-0.3, -0.25) is 4.79 Å². The molecule has 0 spiro atoms. The second-order valence-corrected chi connectivity index (χ2v) is 6.63. The maximum Gasteiger partial charge on any atom is 0.246 e. The van der Waals surface area contributed by atoms with Gasteiger partial charge in [-0.1, -0.05) is 46.3 Å². The summed E-state index contributed by atoms with van der Waals surface area (Å²) in [5.41, 5.74) is 2.96. The first kappa shape index (κ1) is 17.2. The fourth-order valence-electron chi connectivity index (χ4n) is 2.42. The molecule has 25 heavy (non-hydrogen) atoms. The summed E-state index contributed by atoms with van der Waals surface area (Å²) >= 11 is 3.43. The monoisotopic (exact) mass is 395 g/mol. The Bertz CT molecular complexity index is 887. The van der Waals surface area contributed by atoms with Crippen LogP contribution < -0.4 is 0 Å². The molecule has 3 aromatic rings. The number of carbonyl (C=O) groups is 1. The number of carbonyl (C=O) groups excluding carboxylic acids is 1. The first-order chi connectivity index (χ1) is 12.1. The van der Waals surface area contributed by atoms with Crippen molar-refractivity contribution in [3.8, 4) is 5.69 Å². The summed E-state index contributed by atoms with van der Waals surface area (Å²) in [7, 11) is 1.79. The molecule has 0 unspecified atom stereocenters. The molecule has 126 valence electrons. The van der Waals surface area contributed by atoms with Gasteiger partial charge in [0.15, 0.2) is 0 Å². The van der Waals surface area contributed by atoms with Crippen molar-refractivity contribution in [2.45, 2.75) is 6.54 Å². The topological polar surface area (TPSA) is 38.1 Å². The molecule has 2 aromatic carbocycles. The Morgan fingerprint density at radius 3 is 2.76 bits per heavy atom. The van der Waals surface area contributed by atoms with Gasteiger partial charge in [0.05, 0.1) is 11.9 Å². The first-order valence-electron chi connectivity index (χ1n) is 7.89. The van der Waals surface area contributed by atoms with Crippen LogP contribution in [0.1, 0.15) is 11.1 Å². The van der Waals surface area contributed by atoms with Crippen LogP contribution in [-0.4, -0.2) is 27.6 Å². The number of aromatic nitrogens is 2. The number of likely N-dealkylation sites (N-methyl/N-ethyl adjacent to an activating group) is 1. The first-order valence-corrected chi connectivity index (χ1v) is 8.69. The van der Waals surface area contributed by atoms with Gasteiger partial charge in [-0.15, -0.1) is 0 Å². The predicted molar refractivity (Wildman–Crippen MR) is 103 cm³/mol. The number of rotatable bonds is 5. The van der Waals surface area contributed by atoms with E-state index in [4.69, 9.17) is 0 Å². The summed E-state index contributed by atoms with van der Waals surface area (Å²) in [6.45, 7) is 0.508. The molecule has 1 heterocycles. The van der Waals surface area contributed by atoms with E-state index in [1.165, 1.54) is 0 Å². The van der Waals surface area contributed by atoms with E-state index in [2.05, 4.69) is 21.0 Å². The zero-order chi connectivity index (χ0) is 17.6. The van der Waals surface area contributed by atoms with E-state index >= 15 is 0 Å². The van der Waals surface area contributed by atoms with E-state index in [0.29, 0.717) is 6.54 Å². The molecule has 1 amide bonds. The number of hydrogen-bond donors (Lipinski definition) is 0. The lowest BCUT2D eigenvalue weighted by Gasteiger charge is -2.13. The van der Waals surface area contributed by atoms with Crippen molar-refractivity contribution in [3.63, 3.8) is 0 Å². The normalized spacial score (nSPS) is 11.0. The van der Waals surface area contributed by atoms with Gasteiger partial charge in [0, 0.05) is 35.9 Å². The molecule has 0 atom stereocenters. The summed E-state index contributed by atoms with van der Waals surface area (Å²) in [4.78, 5) is 14.0. The Hall–Kier alpha value is -2.66. The minimum atomic E-state index is -0.0487. The number of amides is 1. The molecule has 0 aliphatic heterocycles. The molecule has 0 radical (unpaired) electrons. The van der Waals surface area contributed by atoms with E-state index in [1.54, 1.807) is 24.2 Å². The van der Waals surface area contributed by atoms with Gasteiger partial charge in [0.2, 0.25) is 5.91 Å². The van der Waals surface area contributed by atoms with Gasteiger partial charge in [-0.05, 0) is 35.9 Å². The Morgan fingerprint density at radius 2 is 2.00 bits per heavy atom. The number of benzene rings is 2. The maximum atomic E-state index is 12.3. The molecule has 0 fully saturated rings. The van der Waals surface area contributed by atoms with Gasteiger partial charge in [-0.25, -0.2) is 4.68 Å². The second-order valence-electron chi connectivity index (χ2n) is 5.71. The van der Waals surface area contributed by atoms with Crippen LogP contribution in [0.4, 0.5) is 0 Å². The van der Waals surface area contributed by atoms with Crippen molar-refractivity contribution in [1.29, 1.82) is 0 Å². The van der Waals surface area contributed by atoms with Crippen LogP contribution in [0.2, 0.25) is 0 Å². The summed E-state index contributed by atoms with van der Waals surface area (Å²) in [6.07, 6.45) is 7.13. The van der Waals surface area contributed by atoms with Gasteiger partial charge < -0.3 is 4.90 Å². The third-order valence-corrected chi connectivity index (χ3v) is 4.21. The highest BCUT2D eigenvalue weighted by molar-refractivity contribution is 9.10. The highest BCUT2D eigenvalue weighted by Gasteiger charge is 2.08. The van der Waals surface area contributed by atoms with Crippen LogP contribution in [0, 0.1) is 0 Å². The molecular weight excluding hydrogens is 378 g/mol. The van der Waals surface area contributed by atoms with Crippen LogP contribution in [0.5, 0.6) is 0 Å². The highest BCUT2D eigenvalue weighted by Crippen LogP contribution is 2.13. The van der Waals surface area contributed by atoms with Crippen molar-refractivity contribution in [1.82, 2.24) is 14.7 Å². The Morgan fingerprint density at radius 1 is 1.20 bits per heavy atom. The third kappa shape index (κ3) is 4.67. The quantitative estimate of drug-likeness (QED) is 0.603. The fourth-order valence-corrected chi connectivity index (χ4v) is 2.84. The van der Waals surface area contributed by atoms with Gasteiger partial charge in [0.1, 0.15) is 0 Å². The molecule has 3 rings (SSSR count). The van der Waals surface area contributed by atoms with Crippen LogP contribution in [0.3, 0.4) is 0 Å². The minimum Gasteiger partial charge on any atom is -0.338 e. The smallest absolute Gasteiger partial charge is 0.246 e. The molecular formula is C20H18BrN3O. The summed E-state index contributed by atoms with van der Waals surface area (Å²) in [6, 6.07) is 17.7. The van der Waals surface area contributed by atoms with Crippen molar-refractivity contribution in [3.05, 3.63) is 88.7 Å². The molecule has 0 bridgehead atoms. The van der Waals surface area contributed by atoms with E-state index in [0.717, 1.165) is 21.3 Å². The molecule has 4 nitrogen and oxygen atoms in total. The SMILES string of the molecule is CN(Cc1cnn(-c2ccccc2)c1)C(=O)/C=C/c1cccc(Br)c1. The Balaban J connectivity index is 1.63.